The summed E-state index contributed by atoms with van der Waals surface area (Å²) in [5, 5.41) is 14.5. The molecule has 3 aromatic rings. The molecule has 0 atom stereocenters. The van der Waals surface area contributed by atoms with Crippen LogP contribution in [-0.2, 0) is 17.6 Å². The summed E-state index contributed by atoms with van der Waals surface area (Å²) in [7, 11) is 0. The van der Waals surface area contributed by atoms with Gasteiger partial charge in [-0.15, -0.1) is 22.7 Å². The molecule has 6 nitrogen and oxygen atoms in total. The molecule has 0 aromatic carbocycles. The maximum atomic E-state index is 13.5. The zero-order valence-electron chi connectivity index (χ0n) is 18.1. The SMILES string of the molecule is Cc1sc2nc(SCC(=O)Nc3sc4c(c3C#N)CCC4)n(C3CCCC3)c(=O)c2c1C. The summed E-state index contributed by atoms with van der Waals surface area (Å²) in [5.41, 5.74) is 2.75. The number of nitriles is 1. The lowest BCUT2D eigenvalue weighted by molar-refractivity contribution is -0.113. The summed E-state index contributed by atoms with van der Waals surface area (Å²) in [5.74, 6) is -0.0150. The quantitative estimate of drug-likeness (QED) is 0.390. The van der Waals surface area contributed by atoms with Crippen LogP contribution in [0.1, 0.15) is 64.6 Å². The second kappa shape index (κ2) is 8.65. The Labute approximate surface area is 198 Å². The average Bonchev–Trinajstić information content (AvgIpc) is 3.53. The molecule has 166 valence electrons. The topological polar surface area (TPSA) is 87.8 Å². The number of thiophene rings is 2. The van der Waals surface area contributed by atoms with Gasteiger partial charge in [0.15, 0.2) is 5.16 Å². The first-order valence-corrected chi connectivity index (χ1v) is 13.6. The van der Waals surface area contributed by atoms with Crippen LogP contribution in [0.15, 0.2) is 9.95 Å². The Balaban J connectivity index is 1.41. The number of nitrogens with zero attached hydrogens (tertiary/aromatic N) is 3. The van der Waals surface area contributed by atoms with Gasteiger partial charge in [-0.05, 0) is 57.1 Å². The van der Waals surface area contributed by atoms with E-state index >= 15 is 0 Å². The molecule has 5 rings (SSSR count). The molecular weight excluding hydrogens is 460 g/mol. The molecule has 1 N–H and O–H groups in total. The fourth-order valence-corrected chi connectivity index (χ4v) is 7.97. The first-order chi connectivity index (χ1) is 15.5. The third-order valence-electron chi connectivity index (χ3n) is 6.51. The molecule has 3 aromatic heterocycles. The second-order valence-corrected chi connectivity index (χ2v) is 11.7. The lowest BCUT2D eigenvalue weighted by atomic mass is 10.1. The Morgan fingerprint density at radius 3 is 2.78 bits per heavy atom. The number of aromatic nitrogens is 2. The van der Waals surface area contributed by atoms with Crippen molar-refractivity contribution < 1.29 is 4.79 Å². The molecule has 0 unspecified atom stereocenters. The first-order valence-electron chi connectivity index (χ1n) is 11.0. The van der Waals surface area contributed by atoms with Crippen molar-refractivity contribution in [2.45, 2.75) is 70.0 Å². The van der Waals surface area contributed by atoms with Crippen LogP contribution in [0.4, 0.5) is 5.00 Å². The summed E-state index contributed by atoms with van der Waals surface area (Å²) in [4.78, 5) is 34.1. The van der Waals surface area contributed by atoms with Crippen LogP contribution in [-0.4, -0.2) is 21.2 Å². The van der Waals surface area contributed by atoms with E-state index in [-0.39, 0.29) is 23.3 Å². The number of hydrogen-bond acceptors (Lipinski definition) is 7. The van der Waals surface area contributed by atoms with E-state index in [1.54, 1.807) is 11.3 Å². The maximum absolute atomic E-state index is 13.5. The van der Waals surface area contributed by atoms with E-state index in [9.17, 15) is 14.9 Å². The molecule has 0 saturated heterocycles. The monoisotopic (exact) mass is 484 g/mol. The molecule has 32 heavy (non-hydrogen) atoms. The summed E-state index contributed by atoms with van der Waals surface area (Å²) in [6.07, 6.45) is 7.15. The highest BCUT2D eigenvalue weighted by Gasteiger charge is 2.26. The molecule has 0 radical (unpaired) electrons. The molecule has 0 aliphatic heterocycles. The molecule has 1 saturated carbocycles. The largest absolute Gasteiger partial charge is 0.316 e. The van der Waals surface area contributed by atoms with E-state index in [0.29, 0.717) is 15.7 Å². The van der Waals surface area contributed by atoms with Crippen molar-refractivity contribution in [3.63, 3.8) is 0 Å². The van der Waals surface area contributed by atoms with Crippen LogP contribution in [0, 0.1) is 25.2 Å². The Morgan fingerprint density at radius 2 is 2.03 bits per heavy atom. The van der Waals surface area contributed by atoms with Crippen molar-refractivity contribution in [3.8, 4) is 6.07 Å². The fraction of sp³-hybridized carbons (Fsp3) is 0.478. The van der Waals surface area contributed by atoms with Crippen molar-refractivity contribution in [2.24, 2.45) is 0 Å². The van der Waals surface area contributed by atoms with Crippen LogP contribution in [0.3, 0.4) is 0 Å². The molecule has 1 fully saturated rings. The van der Waals surface area contributed by atoms with Gasteiger partial charge in [-0.25, -0.2) is 4.98 Å². The van der Waals surface area contributed by atoms with E-state index in [0.717, 1.165) is 71.2 Å². The Morgan fingerprint density at radius 1 is 1.25 bits per heavy atom. The second-order valence-electron chi connectivity index (χ2n) is 8.48. The minimum Gasteiger partial charge on any atom is -0.316 e. The first kappa shape index (κ1) is 21.7. The van der Waals surface area contributed by atoms with Gasteiger partial charge < -0.3 is 5.32 Å². The summed E-state index contributed by atoms with van der Waals surface area (Å²) >= 11 is 4.38. The number of thioether (sulfide) groups is 1. The Kier molecular flexibility index (Phi) is 5.86. The van der Waals surface area contributed by atoms with E-state index in [1.807, 2.05) is 18.4 Å². The predicted molar refractivity (Wildman–Crippen MR) is 131 cm³/mol. The fourth-order valence-electron chi connectivity index (χ4n) is 4.78. The van der Waals surface area contributed by atoms with Crippen molar-refractivity contribution in [3.05, 3.63) is 36.8 Å². The van der Waals surface area contributed by atoms with Crippen LogP contribution < -0.4 is 10.9 Å². The van der Waals surface area contributed by atoms with Gasteiger partial charge in [0.2, 0.25) is 5.91 Å². The zero-order valence-corrected chi connectivity index (χ0v) is 20.6. The van der Waals surface area contributed by atoms with E-state index in [1.165, 1.54) is 28.0 Å². The van der Waals surface area contributed by atoms with Crippen molar-refractivity contribution in [1.82, 2.24) is 9.55 Å². The van der Waals surface area contributed by atoms with Gasteiger partial charge in [0.05, 0.1) is 16.7 Å². The van der Waals surface area contributed by atoms with Gasteiger partial charge in [0.25, 0.3) is 5.56 Å². The van der Waals surface area contributed by atoms with E-state index in [2.05, 4.69) is 11.4 Å². The number of fused-ring (bicyclic) bond motifs is 2. The maximum Gasteiger partial charge on any atom is 0.263 e. The van der Waals surface area contributed by atoms with E-state index in [4.69, 9.17) is 4.98 Å². The van der Waals surface area contributed by atoms with Gasteiger partial charge in [-0.1, -0.05) is 24.6 Å². The number of rotatable bonds is 5. The Hall–Kier alpha value is -2.15. The minimum atomic E-state index is -0.169. The summed E-state index contributed by atoms with van der Waals surface area (Å²) < 4.78 is 1.84. The Bertz CT molecular complexity index is 1320. The molecule has 2 aliphatic rings. The van der Waals surface area contributed by atoms with Crippen LogP contribution >= 0.6 is 34.4 Å². The number of carbonyl (C=O) groups is 1. The summed E-state index contributed by atoms with van der Waals surface area (Å²) in [6.45, 7) is 4.01. The molecule has 9 heteroatoms. The van der Waals surface area contributed by atoms with Gasteiger partial charge in [-0.2, -0.15) is 5.26 Å². The van der Waals surface area contributed by atoms with E-state index < -0.39 is 0 Å². The normalized spacial score (nSPS) is 15.9. The number of aryl methyl sites for hydroxylation is 3. The molecule has 0 spiro atoms. The van der Waals surface area contributed by atoms with Crippen molar-refractivity contribution >= 4 is 55.6 Å². The molecule has 1 amide bonds. The number of amides is 1. The van der Waals surface area contributed by atoms with Gasteiger partial charge >= 0.3 is 0 Å². The highest BCUT2D eigenvalue weighted by atomic mass is 32.2. The number of hydrogen-bond donors (Lipinski definition) is 1. The number of nitrogens with one attached hydrogen (secondary N) is 1. The van der Waals surface area contributed by atoms with Gasteiger partial charge in [-0.3, -0.25) is 14.2 Å². The molecule has 0 bridgehead atoms. The van der Waals surface area contributed by atoms with Crippen molar-refractivity contribution in [2.75, 3.05) is 11.1 Å². The third-order valence-corrected chi connectivity index (χ3v) is 9.77. The van der Waals surface area contributed by atoms with Gasteiger partial charge in [0.1, 0.15) is 15.9 Å². The van der Waals surface area contributed by atoms with Gasteiger partial charge in [0, 0.05) is 15.8 Å². The molecule has 2 aliphatic carbocycles. The number of anilines is 1. The van der Waals surface area contributed by atoms with Crippen LogP contribution in [0.25, 0.3) is 10.2 Å². The van der Waals surface area contributed by atoms with Crippen molar-refractivity contribution in [1.29, 1.82) is 5.26 Å². The third kappa shape index (κ3) is 3.68. The summed E-state index contributed by atoms with van der Waals surface area (Å²) in [6, 6.07) is 2.42. The lowest BCUT2D eigenvalue weighted by Crippen LogP contribution is -2.27. The van der Waals surface area contributed by atoms with Crippen LogP contribution in [0.2, 0.25) is 0 Å². The highest BCUT2D eigenvalue weighted by Crippen LogP contribution is 2.39. The standard InChI is InChI=1S/C23H24N4O2S3/c1-12-13(2)31-21-19(12)22(29)27(14-6-3-4-7-14)23(26-21)30-11-18(28)25-20-16(10-24)15-8-5-9-17(15)32-20/h14H,3-9,11H2,1-2H3,(H,25,28). The smallest absolute Gasteiger partial charge is 0.263 e. The average molecular weight is 485 g/mol. The minimum absolute atomic E-state index is 0.0214. The predicted octanol–water partition coefficient (Wildman–Crippen LogP) is 5.34. The molecule has 3 heterocycles. The molecular formula is C23H24N4O2S3. The zero-order chi connectivity index (χ0) is 22.4. The highest BCUT2D eigenvalue weighted by molar-refractivity contribution is 7.99. The lowest BCUT2D eigenvalue weighted by Gasteiger charge is -2.18. The van der Waals surface area contributed by atoms with Crippen LogP contribution in [0.5, 0.6) is 0 Å². The number of carbonyl (C=O) groups excluding carboxylic acids is 1.